The van der Waals surface area contributed by atoms with Crippen molar-refractivity contribution < 1.29 is 9.90 Å². The number of aliphatic hydroxyl groups is 1. The molecule has 1 aliphatic heterocycles. The van der Waals surface area contributed by atoms with Crippen LogP contribution < -0.4 is 0 Å². The second-order valence-corrected chi connectivity index (χ2v) is 7.21. The van der Waals surface area contributed by atoms with Crippen molar-refractivity contribution in [2.24, 2.45) is 5.92 Å². The number of carbonyl (C=O) groups is 1. The Kier molecular flexibility index (Phi) is 2.73. The Hall–Kier alpha value is -0.910. The van der Waals surface area contributed by atoms with Crippen molar-refractivity contribution in [1.29, 1.82) is 0 Å². The number of carbonyl (C=O) groups excluding carboxylic acids is 1. The predicted octanol–water partition coefficient (Wildman–Crippen LogP) is 2.81. The lowest BCUT2D eigenvalue weighted by molar-refractivity contribution is -0.110. The monoisotopic (exact) mass is 281 g/mol. The maximum atomic E-state index is 12.2. The summed E-state index contributed by atoms with van der Waals surface area (Å²) in [5.74, 6) is 0.238. The van der Waals surface area contributed by atoms with Gasteiger partial charge < -0.3 is 10.0 Å². The van der Waals surface area contributed by atoms with Crippen LogP contribution in [0.4, 0.5) is 0 Å². The molecule has 0 bridgehead atoms. The quantitative estimate of drug-likeness (QED) is 0.919. The summed E-state index contributed by atoms with van der Waals surface area (Å²) in [4.78, 5) is 14.7. The fraction of sp³-hybridized carbons (Fsp3) is 0.462. The van der Waals surface area contributed by atoms with Crippen LogP contribution in [0.15, 0.2) is 17.5 Å². The summed E-state index contributed by atoms with van der Waals surface area (Å²) in [5, 5.41) is 12.2. The Bertz CT molecular complexity index is 564. The molecule has 1 aliphatic rings. The highest BCUT2D eigenvalue weighted by atomic mass is 32.1. The second kappa shape index (κ2) is 4.05. The molecule has 0 unspecified atom stereocenters. The number of amides is 1. The summed E-state index contributed by atoms with van der Waals surface area (Å²) in [7, 11) is 0. The molecule has 3 nitrogen and oxygen atoms in total. The number of β-amino-alcohol motifs (C(OH)–C–C–N with tert-alkyl or cyclic N) is 1. The minimum atomic E-state index is -0.690. The summed E-state index contributed by atoms with van der Waals surface area (Å²) in [5.41, 5.74) is -0.690. The maximum Gasteiger partial charge on any atom is 0.264 e. The van der Waals surface area contributed by atoms with Crippen molar-refractivity contribution in [1.82, 2.24) is 4.90 Å². The van der Waals surface area contributed by atoms with Crippen molar-refractivity contribution >= 4 is 38.0 Å². The van der Waals surface area contributed by atoms with E-state index >= 15 is 0 Å². The van der Waals surface area contributed by atoms with E-state index in [9.17, 15) is 9.90 Å². The molecule has 3 rings (SSSR count). The average molecular weight is 281 g/mol. The summed E-state index contributed by atoms with van der Waals surface area (Å²) in [6.45, 7) is 4.88. The van der Waals surface area contributed by atoms with Gasteiger partial charge in [-0.15, -0.1) is 22.7 Å². The molecule has 0 spiro atoms. The van der Waals surface area contributed by atoms with Crippen LogP contribution in [0.25, 0.3) is 9.40 Å². The third-order valence-electron chi connectivity index (χ3n) is 3.64. The SMILES string of the molecule is CC(C)C1(O)CN(C(=O)c2cc3sccc3s2)C1. The second-order valence-electron chi connectivity index (χ2n) is 5.18. The highest BCUT2D eigenvalue weighted by Crippen LogP contribution is 2.34. The highest BCUT2D eigenvalue weighted by Gasteiger charge is 2.46. The van der Waals surface area contributed by atoms with Gasteiger partial charge in [-0.2, -0.15) is 0 Å². The smallest absolute Gasteiger partial charge is 0.264 e. The molecule has 2 aromatic heterocycles. The van der Waals surface area contributed by atoms with E-state index in [4.69, 9.17) is 0 Å². The van der Waals surface area contributed by atoms with E-state index in [2.05, 4.69) is 0 Å². The van der Waals surface area contributed by atoms with Gasteiger partial charge in [-0.3, -0.25) is 4.79 Å². The summed E-state index contributed by atoms with van der Waals surface area (Å²) < 4.78 is 2.34. The highest BCUT2D eigenvalue weighted by molar-refractivity contribution is 7.27. The van der Waals surface area contributed by atoms with E-state index in [0.29, 0.717) is 13.1 Å². The largest absolute Gasteiger partial charge is 0.386 e. The predicted molar refractivity (Wildman–Crippen MR) is 75.4 cm³/mol. The Morgan fingerprint density at radius 3 is 2.78 bits per heavy atom. The van der Waals surface area contributed by atoms with E-state index in [1.165, 1.54) is 20.7 Å². The normalized spacial score (nSPS) is 18.3. The zero-order valence-corrected chi connectivity index (χ0v) is 12.0. The lowest BCUT2D eigenvalue weighted by Gasteiger charge is -2.48. The first-order valence-corrected chi connectivity index (χ1v) is 7.68. The Morgan fingerprint density at radius 2 is 2.17 bits per heavy atom. The minimum Gasteiger partial charge on any atom is -0.386 e. The molecule has 5 heteroatoms. The zero-order chi connectivity index (χ0) is 12.9. The third kappa shape index (κ3) is 1.77. The van der Waals surface area contributed by atoms with Gasteiger partial charge in [-0.25, -0.2) is 0 Å². The Labute approximate surface area is 114 Å². The molecule has 1 fully saturated rings. The number of rotatable bonds is 2. The molecule has 0 saturated carbocycles. The Balaban J connectivity index is 1.75. The van der Waals surface area contributed by atoms with Gasteiger partial charge in [0.05, 0.1) is 18.0 Å². The van der Waals surface area contributed by atoms with Crippen LogP contribution in [0.1, 0.15) is 23.5 Å². The first-order chi connectivity index (χ1) is 8.49. The molecule has 1 N–H and O–H groups in total. The molecule has 0 aliphatic carbocycles. The maximum absolute atomic E-state index is 12.2. The van der Waals surface area contributed by atoms with Crippen LogP contribution in [0.2, 0.25) is 0 Å². The number of hydrogen-bond acceptors (Lipinski definition) is 4. The van der Waals surface area contributed by atoms with E-state index < -0.39 is 5.60 Å². The zero-order valence-electron chi connectivity index (χ0n) is 10.3. The molecular weight excluding hydrogens is 266 g/mol. The number of hydrogen-bond donors (Lipinski definition) is 1. The first-order valence-electron chi connectivity index (χ1n) is 5.98. The molecule has 1 saturated heterocycles. The van der Waals surface area contributed by atoms with E-state index in [0.717, 1.165) is 4.88 Å². The minimum absolute atomic E-state index is 0.0497. The Morgan fingerprint density at radius 1 is 1.44 bits per heavy atom. The lowest BCUT2D eigenvalue weighted by Crippen LogP contribution is -2.65. The third-order valence-corrected chi connectivity index (χ3v) is 5.72. The summed E-state index contributed by atoms with van der Waals surface area (Å²) >= 11 is 3.19. The topological polar surface area (TPSA) is 40.5 Å². The van der Waals surface area contributed by atoms with Gasteiger partial charge in [0.15, 0.2) is 0 Å². The summed E-state index contributed by atoms with van der Waals surface area (Å²) in [6, 6.07) is 4.00. The number of thiophene rings is 2. The van der Waals surface area contributed by atoms with Gasteiger partial charge in [0.1, 0.15) is 5.60 Å². The van der Waals surface area contributed by atoms with E-state index in [-0.39, 0.29) is 11.8 Å². The van der Waals surface area contributed by atoms with Gasteiger partial charge in [0, 0.05) is 9.40 Å². The van der Waals surface area contributed by atoms with E-state index in [1.54, 1.807) is 16.2 Å². The average Bonchev–Trinajstić information content (AvgIpc) is 2.83. The van der Waals surface area contributed by atoms with Gasteiger partial charge in [-0.1, -0.05) is 13.8 Å². The molecular formula is C13H15NO2S2. The van der Waals surface area contributed by atoms with E-state index in [1.807, 2.05) is 31.4 Å². The first kappa shape index (κ1) is 12.1. The van der Waals surface area contributed by atoms with Crippen LogP contribution >= 0.6 is 22.7 Å². The number of likely N-dealkylation sites (tertiary alicyclic amines) is 1. The molecule has 18 heavy (non-hydrogen) atoms. The van der Waals surface area contributed by atoms with Gasteiger partial charge >= 0.3 is 0 Å². The number of nitrogens with zero attached hydrogens (tertiary/aromatic N) is 1. The van der Waals surface area contributed by atoms with Crippen molar-refractivity contribution in [3.05, 3.63) is 22.4 Å². The lowest BCUT2D eigenvalue weighted by atomic mass is 9.83. The molecule has 1 amide bonds. The van der Waals surface area contributed by atoms with Crippen molar-refractivity contribution in [2.75, 3.05) is 13.1 Å². The van der Waals surface area contributed by atoms with Gasteiger partial charge in [-0.05, 0) is 23.4 Å². The fourth-order valence-corrected chi connectivity index (χ4v) is 4.23. The van der Waals surface area contributed by atoms with Crippen molar-refractivity contribution in [3.63, 3.8) is 0 Å². The summed E-state index contributed by atoms with van der Waals surface area (Å²) in [6.07, 6.45) is 0. The molecule has 0 radical (unpaired) electrons. The van der Waals surface area contributed by atoms with Gasteiger partial charge in [0.25, 0.3) is 5.91 Å². The van der Waals surface area contributed by atoms with Crippen LogP contribution in [-0.2, 0) is 0 Å². The van der Waals surface area contributed by atoms with Crippen LogP contribution in [0, 0.1) is 5.92 Å². The van der Waals surface area contributed by atoms with Crippen LogP contribution in [-0.4, -0.2) is 34.6 Å². The fourth-order valence-electron chi connectivity index (χ4n) is 2.15. The van der Waals surface area contributed by atoms with Crippen molar-refractivity contribution in [2.45, 2.75) is 19.4 Å². The van der Waals surface area contributed by atoms with Crippen LogP contribution in [0.3, 0.4) is 0 Å². The van der Waals surface area contributed by atoms with Crippen LogP contribution in [0.5, 0.6) is 0 Å². The van der Waals surface area contributed by atoms with Crippen molar-refractivity contribution in [3.8, 4) is 0 Å². The molecule has 96 valence electrons. The number of fused-ring (bicyclic) bond motifs is 1. The standard InChI is InChI=1S/C13H15NO2S2/c1-8(2)13(16)6-14(7-13)12(15)11-5-10-9(18-11)3-4-17-10/h3-5,8,16H,6-7H2,1-2H3. The van der Waals surface area contributed by atoms with Gasteiger partial charge in [0.2, 0.25) is 0 Å². The molecule has 2 aromatic rings. The molecule has 0 aromatic carbocycles. The molecule has 0 atom stereocenters. The molecule has 3 heterocycles.